The Bertz CT molecular complexity index is 599. The smallest absolute Gasteiger partial charge is 0.282 e. The van der Waals surface area contributed by atoms with Gasteiger partial charge in [0.2, 0.25) is 0 Å². The summed E-state index contributed by atoms with van der Waals surface area (Å²) < 4.78 is 29.2. The zero-order chi connectivity index (χ0) is 15.0. The molecule has 3 heterocycles. The summed E-state index contributed by atoms with van der Waals surface area (Å²) in [5.41, 5.74) is 6.90. The van der Waals surface area contributed by atoms with E-state index in [1.807, 2.05) is 6.92 Å². The van der Waals surface area contributed by atoms with Crippen LogP contribution in [0.4, 0.5) is 0 Å². The van der Waals surface area contributed by atoms with E-state index < -0.39 is 10.2 Å². The summed E-state index contributed by atoms with van der Waals surface area (Å²) in [4.78, 5) is 1.33. The Morgan fingerprint density at radius 1 is 1.43 bits per heavy atom. The number of thiophene rings is 1. The predicted molar refractivity (Wildman–Crippen MR) is 85.4 cm³/mol. The standard InChI is InChI=1S/C14H23N3O2S2/c1-11-13-5-8-20-14(13)4-7-17(11)21(18,19)16-6-2-3-12(9-15)10-16/h5,8,11-12H,2-4,6-7,9-10,15H2,1H3. The normalized spacial score (nSPS) is 28.5. The summed E-state index contributed by atoms with van der Waals surface area (Å²) in [6.07, 6.45) is 2.77. The molecule has 1 fully saturated rings. The molecule has 2 aliphatic rings. The van der Waals surface area contributed by atoms with Gasteiger partial charge in [0.05, 0.1) is 0 Å². The first-order valence-corrected chi connectivity index (χ1v) is 9.85. The van der Waals surface area contributed by atoms with Crippen molar-refractivity contribution >= 4 is 21.5 Å². The zero-order valence-corrected chi connectivity index (χ0v) is 14.0. The molecule has 0 aromatic carbocycles. The van der Waals surface area contributed by atoms with Gasteiger partial charge in [-0.15, -0.1) is 11.3 Å². The highest BCUT2D eigenvalue weighted by molar-refractivity contribution is 7.86. The molecule has 3 rings (SSSR count). The highest BCUT2D eigenvalue weighted by Crippen LogP contribution is 2.36. The van der Waals surface area contributed by atoms with Crippen molar-refractivity contribution in [2.75, 3.05) is 26.2 Å². The number of hydrogen-bond acceptors (Lipinski definition) is 4. The van der Waals surface area contributed by atoms with Crippen LogP contribution in [0.15, 0.2) is 11.4 Å². The third kappa shape index (κ3) is 2.77. The van der Waals surface area contributed by atoms with Crippen LogP contribution in [0.1, 0.15) is 36.2 Å². The number of piperidine rings is 1. The van der Waals surface area contributed by atoms with E-state index in [4.69, 9.17) is 5.73 Å². The predicted octanol–water partition coefficient (Wildman–Crippen LogP) is 1.58. The van der Waals surface area contributed by atoms with E-state index >= 15 is 0 Å². The lowest BCUT2D eigenvalue weighted by molar-refractivity contribution is 0.234. The van der Waals surface area contributed by atoms with Crippen molar-refractivity contribution in [2.24, 2.45) is 11.7 Å². The minimum Gasteiger partial charge on any atom is -0.330 e. The molecule has 1 aromatic rings. The number of hydrogen-bond donors (Lipinski definition) is 1. The Morgan fingerprint density at radius 3 is 3.00 bits per heavy atom. The fourth-order valence-corrected chi connectivity index (χ4v) is 6.23. The van der Waals surface area contributed by atoms with Crippen LogP contribution in [0.3, 0.4) is 0 Å². The molecule has 0 aliphatic carbocycles. The second kappa shape index (κ2) is 5.96. The van der Waals surface area contributed by atoms with E-state index in [2.05, 4.69) is 11.4 Å². The summed E-state index contributed by atoms with van der Waals surface area (Å²) in [7, 11) is -3.38. The first kappa shape index (κ1) is 15.4. The summed E-state index contributed by atoms with van der Waals surface area (Å²) in [5.74, 6) is 0.297. The van der Waals surface area contributed by atoms with E-state index in [0.29, 0.717) is 32.1 Å². The maximum absolute atomic E-state index is 13.0. The molecular weight excluding hydrogens is 306 g/mol. The molecular formula is C14H23N3O2S2. The summed E-state index contributed by atoms with van der Waals surface area (Å²) in [5, 5.41) is 2.06. The molecule has 2 aliphatic heterocycles. The lowest BCUT2D eigenvalue weighted by atomic mass is 10.0. The second-order valence-corrected chi connectivity index (χ2v) is 8.83. The molecule has 2 N–H and O–H groups in total. The fourth-order valence-electron chi connectivity index (χ4n) is 3.38. The van der Waals surface area contributed by atoms with Crippen LogP contribution in [0.25, 0.3) is 0 Å². The highest BCUT2D eigenvalue weighted by Gasteiger charge is 2.38. The fraction of sp³-hybridized carbons (Fsp3) is 0.714. The average molecular weight is 329 g/mol. The zero-order valence-electron chi connectivity index (χ0n) is 12.4. The monoisotopic (exact) mass is 329 g/mol. The van der Waals surface area contributed by atoms with Gasteiger partial charge in [-0.3, -0.25) is 0 Å². The van der Waals surface area contributed by atoms with Crippen molar-refractivity contribution in [3.8, 4) is 0 Å². The molecule has 0 radical (unpaired) electrons. The Labute approximate surface area is 130 Å². The molecule has 21 heavy (non-hydrogen) atoms. The Balaban J connectivity index is 1.82. The van der Waals surface area contributed by atoms with Crippen LogP contribution < -0.4 is 5.73 Å². The van der Waals surface area contributed by atoms with Gasteiger partial charge in [-0.1, -0.05) is 0 Å². The maximum Gasteiger partial charge on any atom is 0.282 e. The SMILES string of the molecule is CC1c2ccsc2CCN1S(=O)(=O)N1CCCC(CN)C1. The largest absolute Gasteiger partial charge is 0.330 e. The molecule has 0 saturated carbocycles. The van der Waals surface area contributed by atoms with Crippen LogP contribution in [0, 0.1) is 5.92 Å². The van der Waals surface area contributed by atoms with E-state index in [0.717, 1.165) is 19.3 Å². The first-order valence-electron chi connectivity index (χ1n) is 7.57. The minimum atomic E-state index is -3.38. The third-order valence-corrected chi connectivity index (χ3v) is 7.73. The number of nitrogens with zero attached hydrogens (tertiary/aromatic N) is 2. The number of rotatable bonds is 3. The molecule has 118 valence electrons. The summed E-state index contributed by atoms with van der Waals surface area (Å²) in [6, 6.07) is 1.99. The van der Waals surface area contributed by atoms with Gasteiger partial charge in [0.15, 0.2) is 0 Å². The number of nitrogens with two attached hydrogens (primary N) is 1. The lowest BCUT2D eigenvalue weighted by Crippen LogP contribution is -2.51. The van der Waals surface area contributed by atoms with Gasteiger partial charge in [-0.25, -0.2) is 0 Å². The lowest BCUT2D eigenvalue weighted by Gasteiger charge is -2.39. The van der Waals surface area contributed by atoms with Crippen LogP contribution >= 0.6 is 11.3 Å². The molecule has 0 amide bonds. The summed E-state index contributed by atoms with van der Waals surface area (Å²) in [6.45, 7) is 4.33. The number of fused-ring (bicyclic) bond motifs is 1. The summed E-state index contributed by atoms with van der Waals surface area (Å²) >= 11 is 1.73. The van der Waals surface area contributed by atoms with Crippen LogP contribution in [0.5, 0.6) is 0 Å². The Morgan fingerprint density at radius 2 is 2.24 bits per heavy atom. The first-order chi connectivity index (χ1) is 10.0. The second-order valence-electron chi connectivity index (χ2n) is 5.95. The molecule has 2 unspecified atom stereocenters. The van der Waals surface area contributed by atoms with E-state index in [-0.39, 0.29) is 6.04 Å². The maximum atomic E-state index is 13.0. The van der Waals surface area contributed by atoms with E-state index in [1.165, 1.54) is 10.4 Å². The van der Waals surface area contributed by atoms with E-state index in [9.17, 15) is 8.42 Å². The van der Waals surface area contributed by atoms with Gasteiger partial charge in [-0.05, 0) is 55.7 Å². The third-order valence-electron chi connectivity index (χ3n) is 4.66. The Kier molecular flexibility index (Phi) is 4.38. The quantitative estimate of drug-likeness (QED) is 0.915. The molecule has 0 spiro atoms. The van der Waals surface area contributed by atoms with Gasteiger partial charge in [0, 0.05) is 30.6 Å². The van der Waals surface area contributed by atoms with Crippen molar-refractivity contribution in [2.45, 2.75) is 32.2 Å². The molecule has 0 bridgehead atoms. The van der Waals surface area contributed by atoms with Crippen molar-refractivity contribution in [3.63, 3.8) is 0 Å². The van der Waals surface area contributed by atoms with Gasteiger partial charge in [0.25, 0.3) is 10.2 Å². The van der Waals surface area contributed by atoms with Crippen molar-refractivity contribution < 1.29 is 8.42 Å². The van der Waals surface area contributed by atoms with Crippen molar-refractivity contribution in [1.29, 1.82) is 0 Å². The minimum absolute atomic E-state index is 0.0664. The highest BCUT2D eigenvalue weighted by atomic mass is 32.2. The topological polar surface area (TPSA) is 66.6 Å². The molecule has 5 nitrogen and oxygen atoms in total. The van der Waals surface area contributed by atoms with Gasteiger partial charge < -0.3 is 5.73 Å². The average Bonchev–Trinajstić information content (AvgIpc) is 2.97. The Hall–Kier alpha value is -0.470. The van der Waals surface area contributed by atoms with Crippen molar-refractivity contribution in [1.82, 2.24) is 8.61 Å². The van der Waals surface area contributed by atoms with Crippen LogP contribution in [0.2, 0.25) is 0 Å². The molecule has 1 saturated heterocycles. The van der Waals surface area contributed by atoms with Gasteiger partial charge in [0.1, 0.15) is 0 Å². The van der Waals surface area contributed by atoms with Gasteiger partial charge in [-0.2, -0.15) is 17.0 Å². The van der Waals surface area contributed by atoms with Crippen molar-refractivity contribution in [3.05, 3.63) is 21.9 Å². The van der Waals surface area contributed by atoms with Crippen LogP contribution in [-0.4, -0.2) is 43.2 Å². The van der Waals surface area contributed by atoms with Crippen LogP contribution in [-0.2, 0) is 16.6 Å². The van der Waals surface area contributed by atoms with E-state index in [1.54, 1.807) is 19.9 Å². The molecule has 1 aromatic heterocycles. The van der Waals surface area contributed by atoms with Gasteiger partial charge >= 0.3 is 0 Å². The molecule has 2 atom stereocenters. The molecule has 7 heteroatoms.